The third kappa shape index (κ3) is 2.48. The highest BCUT2D eigenvalue weighted by Crippen LogP contribution is 2.26. The van der Waals surface area contributed by atoms with Crippen molar-refractivity contribution in [3.8, 4) is 5.75 Å². The van der Waals surface area contributed by atoms with Gasteiger partial charge < -0.3 is 10.1 Å². The largest absolute Gasteiger partial charge is 0.490 e. The van der Waals surface area contributed by atoms with Gasteiger partial charge in [-0.25, -0.2) is 4.39 Å². The summed E-state index contributed by atoms with van der Waals surface area (Å²) in [7, 11) is 1.95. The Morgan fingerprint density at radius 2 is 2.07 bits per heavy atom. The quantitative estimate of drug-likeness (QED) is 0.824. The molecule has 1 aromatic rings. The fourth-order valence-corrected chi connectivity index (χ4v) is 1.86. The van der Waals surface area contributed by atoms with Crippen molar-refractivity contribution in [3.05, 3.63) is 29.6 Å². The van der Waals surface area contributed by atoms with Crippen LogP contribution in [0.15, 0.2) is 18.2 Å². The molecule has 0 radical (unpaired) electrons. The standard InChI is InChI=1S/C12H16FNO/c1-8-3-9(13)5-11(4-8)15-12-6-10(7-12)14-2/h3-5,10,12,14H,6-7H2,1-2H3. The molecule has 0 aliphatic heterocycles. The van der Waals surface area contributed by atoms with E-state index in [0.717, 1.165) is 18.4 Å². The van der Waals surface area contributed by atoms with Gasteiger partial charge in [-0.2, -0.15) is 0 Å². The summed E-state index contributed by atoms with van der Waals surface area (Å²) in [6.45, 7) is 1.87. The first kappa shape index (κ1) is 10.4. The van der Waals surface area contributed by atoms with Gasteiger partial charge in [0.2, 0.25) is 0 Å². The van der Waals surface area contributed by atoms with Crippen molar-refractivity contribution in [2.24, 2.45) is 0 Å². The molecule has 1 fully saturated rings. The summed E-state index contributed by atoms with van der Waals surface area (Å²) < 4.78 is 18.7. The number of nitrogens with one attached hydrogen (secondary N) is 1. The molecule has 2 rings (SSSR count). The van der Waals surface area contributed by atoms with Gasteiger partial charge in [0.1, 0.15) is 17.7 Å². The predicted octanol–water partition coefficient (Wildman–Crippen LogP) is 2.26. The first-order valence-electron chi connectivity index (χ1n) is 5.28. The van der Waals surface area contributed by atoms with Gasteiger partial charge in [-0.1, -0.05) is 0 Å². The Morgan fingerprint density at radius 3 is 2.67 bits per heavy atom. The summed E-state index contributed by atoms with van der Waals surface area (Å²) >= 11 is 0. The summed E-state index contributed by atoms with van der Waals surface area (Å²) in [4.78, 5) is 0. The topological polar surface area (TPSA) is 21.3 Å². The van der Waals surface area contributed by atoms with Crippen molar-refractivity contribution in [1.82, 2.24) is 5.32 Å². The molecule has 1 aliphatic carbocycles. The average Bonchev–Trinajstić information content (AvgIpc) is 2.08. The van der Waals surface area contributed by atoms with E-state index in [4.69, 9.17) is 4.74 Å². The van der Waals surface area contributed by atoms with Crippen molar-refractivity contribution in [3.63, 3.8) is 0 Å². The molecule has 1 aromatic carbocycles. The maximum Gasteiger partial charge on any atom is 0.127 e. The molecule has 0 spiro atoms. The minimum Gasteiger partial charge on any atom is -0.490 e. The summed E-state index contributed by atoms with van der Waals surface area (Å²) in [6, 6.07) is 5.38. The molecule has 0 saturated heterocycles. The zero-order valence-corrected chi connectivity index (χ0v) is 9.09. The van der Waals surface area contributed by atoms with Crippen LogP contribution < -0.4 is 10.1 Å². The van der Waals surface area contributed by atoms with E-state index in [-0.39, 0.29) is 11.9 Å². The highest BCUT2D eigenvalue weighted by molar-refractivity contribution is 5.29. The van der Waals surface area contributed by atoms with E-state index in [1.54, 1.807) is 0 Å². The molecule has 3 heteroatoms. The minimum atomic E-state index is -0.227. The van der Waals surface area contributed by atoms with Gasteiger partial charge in [-0.3, -0.25) is 0 Å². The second-order valence-electron chi connectivity index (χ2n) is 4.16. The van der Waals surface area contributed by atoms with Crippen LogP contribution in [0.3, 0.4) is 0 Å². The van der Waals surface area contributed by atoms with Gasteiger partial charge in [-0.15, -0.1) is 0 Å². The van der Waals surface area contributed by atoms with Gasteiger partial charge in [0.05, 0.1) is 0 Å². The first-order chi connectivity index (χ1) is 7.17. The number of rotatable bonds is 3. The molecular formula is C12H16FNO. The molecule has 2 nitrogen and oxygen atoms in total. The van der Waals surface area contributed by atoms with E-state index in [2.05, 4.69) is 5.32 Å². The number of halogens is 1. The van der Waals surface area contributed by atoms with Crippen LogP contribution in [-0.2, 0) is 0 Å². The number of hydrogen-bond donors (Lipinski definition) is 1. The third-order valence-corrected chi connectivity index (χ3v) is 2.82. The highest BCUT2D eigenvalue weighted by Gasteiger charge is 2.29. The molecule has 0 bridgehead atoms. The Balaban J connectivity index is 1.94. The normalized spacial score (nSPS) is 24.7. The Bertz CT molecular complexity index is 327. The van der Waals surface area contributed by atoms with Gasteiger partial charge in [0.25, 0.3) is 0 Å². The number of aryl methyl sites for hydroxylation is 1. The van der Waals surface area contributed by atoms with Crippen LogP contribution in [-0.4, -0.2) is 19.2 Å². The lowest BCUT2D eigenvalue weighted by Crippen LogP contribution is -2.45. The van der Waals surface area contributed by atoms with Crippen LogP contribution in [0.2, 0.25) is 0 Å². The van der Waals surface area contributed by atoms with Crippen LogP contribution in [0, 0.1) is 12.7 Å². The van der Waals surface area contributed by atoms with E-state index in [9.17, 15) is 4.39 Å². The number of ether oxygens (including phenoxy) is 1. The van der Waals surface area contributed by atoms with E-state index < -0.39 is 0 Å². The van der Waals surface area contributed by atoms with Crippen LogP contribution in [0.1, 0.15) is 18.4 Å². The SMILES string of the molecule is CNC1CC(Oc2cc(C)cc(F)c2)C1. The third-order valence-electron chi connectivity index (χ3n) is 2.82. The average molecular weight is 209 g/mol. The van der Waals surface area contributed by atoms with Gasteiger partial charge in [0.15, 0.2) is 0 Å². The summed E-state index contributed by atoms with van der Waals surface area (Å²) in [5, 5.41) is 3.19. The molecule has 0 aromatic heterocycles. The maximum atomic E-state index is 13.1. The summed E-state index contributed by atoms with van der Waals surface area (Å²) in [6.07, 6.45) is 2.25. The lowest BCUT2D eigenvalue weighted by Gasteiger charge is -2.35. The molecule has 1 aliphatic rings. The van der Waals surface area contributed by atoms with Crippen molar-refractivity contribution < 1.29 is 9.13 Å². The fourth-order valence-electron chi connectivity index (χ4n) is 1.86. The minimum absolute atomic E-state index is 0.227. The molecule has 0 amide bonds. The fraction of sp³-hybridized carbons (Fsp3) is 0.500. The van der Waals surface area contributed by atoms with Crippen molar-refractivity contribution in [2.75, 3.05) is 7.05 Å². The lowest BCUT2D eigenvalue weighted by molar-refractivity contribution is 0.0881. The van der Waals surface area contributed by atoms with Crippen LogP contribution >= 0.6 is 0 Å². The smallest absolute Gasteiger partial charge is 0.127 e. The Labute approximate surface area is 89.4 Å². The lowest BCUT2D eigenvalue weighted by atomic mass is 9.89. The van der Waals surface area contributed by atoms with E-state index in [0.29, 0.717) is 11.8 Å². The van der Waals surface area contributed by atoms with Crippen molar-refractivity contribution in [1.29, 1.82) is 0 Å². The van der Waals surface area contributed by atoms with Crippen molar-refractivity contribution in [2.45, 2.75) is 31.9 Å². The Morgan fingerprint density at radius 1 is 1.33 bits per heavy atom. The van der Waals surface area contributed by atoms with Crippen LogP contribution in [0.4, 0.5) is 4.39 Å². The first-order valence-corrected chi connectivity index (χ1v) is 5.28. The predicted molar refractivity (Wildman–Crippen MR) is 57.6 cm³/mol. The summed E-state index contributed by atoms with van der Waals surface area (Å²) in [5.41, 5.74) is 0.898. The summed E-state index contributed by atoms with van der Waals surface area (Å²) in [5.74, 6) is 0.418. The number of hydrogen-bond acceptors (Lipinski definition) is 2. The van der Waals surface area contributed by atoms with E-state index >= 15 is 0 Å². The molecule has 0 heterocycles. The number of benzene rings is 1. The molecule has 0 atom stereocenters. The van der Waals surface area contributed by atoms with E-state index in [1.807, 2.05) is 20.0 Å². The Kier molecular flexibility index (Phi) is 2.91. The molecule has 0 unspecified atom stereocenters. The van der Waals surface area contributed by atoms with Crippen LogP contribution in [0.25, 0.3) is 0 Å². The highest BCUT2D eigenvalue weighted by atomic mass is 19.1. The molecule has 15 heavy (non-hydrogen) atoms. The monoisotopic (exact) mass is 209 g/mol. The second-order valence-corrected chi connectivity index (χ2v) is 4.16. The van der Waals surface area contributed by atoms with E-state index in [1.165, 1.54) is 12.1 Å². The maximum absolute atomic E-state index is 13.1. The van der Waals surface area contributed by atoms with Crippen molar-refractivity contribution >= 4 is 0 Å². The van der Waals surface area contributed by atoms with Gasteiger partial charge in [-0.05, 0) is 44.5 Å². The molecular weight excluding hydrogens is 193 g/mol. The second kappa shape index (κ2) is 4.19. The zero-order chi connectivity index (χ0) is 10.8. The van der Waals surface area contributed by atoms with Gasteiger partial charge >= 0.3 is 0 Å². The van der Waals surface area contributed by atoms with Crippen LogP contribution in [0.5, 0.6) is 5.75 Å². The molecule has 1 N–H and O–H groups in total. The Hall–Kier alpha value is -1.09. The molecule has 82 valence electrons. The zero-order valence-electron chi connectivity index (χ0n) is 9.09. The van der Waals surface area contributed by atoms with Gasteiger partial charge in [0, 0.05) is 12.1 Å². The molecule has 1 saturated carbocycles.